The molecule has 0 bridgehead atoms. The summed E-state index contributed by atoms with van der Waals surface area (Å²) in [4.78, 5) is 0. The summed E-state index contributed by atoms with van der Waals surface area (Å²) in [5, 5.41) is 0. The van der Waals surface area contributed by atoms with Gasteiger partial charge in [0.15, 0.2) is 0 Å². The summed E-state index contributed by atoms with van der Waals surface area (Å²) in [6.45, 7) is 8.78. The summed E-state index contributed by atoms with van der Waals surface area (Å²) in [6, 6.07) is 24.3. The molecule has 2 aromatic carbocycles. The van der Waals surface area contributed by atoms with Gasteiger partial charge in [0.25, 0.3) is 0 Å². The molecule has 0 heterocycles. The zero-order valence-electron chi connectivity index (χ0n) is 17.5. The van der Waals surface area contributed by atoms with E-state index in [1.165, 1.54) is 5.56 Å². The molecule has 0 fully saturated rings. The van der Waals surface area contributed by atoms with Gasteiger partial charge in [-0.1, -0.05) is 93.1 Å². The first-order chi connectivity index (χ1) is 13.1. The van der Waals surface area contributed by atoms with Gasteiger partial charge >= 0.3 is 0 Å². The highest BCUT2D eigenvalue weighted by molar-refractivity contribution is 6.73. The van der Waals surface area contributed by atoms with Crippen molar-refractivity contribution in [3.05, 3.63) is 89.7 Å². The molecule has 1 nitrogen and oxygen atoms in total. The lowest BCUT2D eigenvalue weighted by Crippen LogP contribution is -2.33. The van der Waals surface area contributed by atoms with Gasteiger partial charge in [-0.05, 0) is 42.3 Å². The first-order valence-electron chi connectivity index (χ1n) is 10.2. The number of hydrogen-bond acceptors (Lipinski definition) is 1. The van der Waals surface area contributed by atoms with Crippen LogP contribution in [0.2, 0.25) is 18.1 Å². The molecule has 0 aliphatic carbocycles. The Labute approximate surface area is 162 Å². The minimum atomic E-state index is -1.66. The van der Waals surface area contributed by atoms with E-state index >= 15 is 0 Å². The zero-order valence-corrected chi connectivity index (χ0v) is 17.5. The second kappa shape index (κ2) is 10.2. The largest absolute Gasteiger partial charge is 0.549 e. The van der Waals surface area contributed by atoms with Crippen LogP contribution in [-0.2, 0) is 4.43 Å². The summed E-state index contributed by atoms with van der Waals surface area (Å²) in [6.07, 6.45) is 4.05. The van der Waals surface area contributed by atoms with Crippen LogP contribution in [0.4, 0.5) is 0 Å². The topological polar surface area (TPSA) is 9.23 Å². The van der Waals surface area contributed by atoms with Crippen molar-refractivity contribution in [2.75, 3.05) is 0 Å². The molecule has 0 radical (unpaired) electrons. The van der Waals surface area contributed by atoms with Crippen LogP contribution in [0.5, 0.6) is 0 Å². The Morgan fingerprint density at radius 1 is 0.962 bits per heavy atom. The predicted molar refractivity (Wildman–Crippen MR) is 117 cm³/mol. The van der Waals surface area contributed by atoms with E-state index in [1.807, 2.05) is 42.7 Å². The minimum Gasteiger partial charge on any atom is -0.549 e. The fraction of sp³-hybridized carbons (Fsp3) is 0.333. The molecule has 0 amide bonds. The molecule has 26 heavy (non-hydrogen) atoms. The van der Waals surface area contributed by atoms with Crippen LogP contribution in [0, 0.1) is 0 Å². The molecule has 2 heteroatoms. The second-order valence-corrected chi connectivity index (χ2v) is 11.5. The number of hydrogen-bond donors (Lipinski definition) is 0. The maximum absolute atomic E-state index is 8.68. The molecule has 0 saturated heterocycles. The Balaban J connectivity index is 2.37. The lowest BCUT2D eigenvalue weighted by molar-refractivity contribution is 0.455. The molecule has 0 saturated carbocycles. The summed E-state index contributed by atoms with van der Waals surface area (Å²) in [5.74, 6) is 0.0381. The number of rotatable bonds is 9. The third-order valence-corrected chi connectivity index (χ3v) is 9.76. The Morgan fingerprint density at radius 3 is 2.04 bits per heavy atom. The molecule has 1 unspecified atom stereocenters. The lowest BCUT2D eigenvalue weighted by atomic mass is 9.91. The van der Waals surface area contributed by atoms with E-state index in [1.54, 1.807) is 0 Å². The first kappa shape index (κ1) is 18.7. The summed E-state index contributed by atoms with van der Waals surface area (Å²) >= 11 is 0. The van der Waals surface area contributed by atoms with Crippen LogP contribution in [0.1, 0.15) is 46.1 Å². The molecule has 0 spiro atoms. The third-order valence-electron chi connectivity index (χ3n) is 5.26. The van der Waals surface area contributed by atoms with Gasteiger partial charge in [0.05, 0.1) is 7.63 Å². The van der Waals surface area contributed by atoms with E-state index in [9.17, 15) is 0 Å². The highest BCUT2D eigenvalue weighted by atomic mass is 28.4. The van der Waals surface area contributed by atoms with Crippen LogP contribution in [0.15, 0.2) is 78.6 Å². The summed E-state index contributed by atoms with van der Waals surface area (Å²) in [5.41, 5.74) is 3.17. The maximum atomic E-state index is 8.68. The molecule has 0 aromatic heterocycles. The van der Waals surface area contributed by atoms with Crippen molar-refractivity contribution in [2.45, 2.75) is 51.7 Å². The molecule has 0 N–H and O–H groups in total. The minimum absolute atomic E-state index is 0.0381. The molecule has 0 aliphatic heterocycles. The second-order valence-electron chi connectivity index (χ2n) is 6.75. The molecule has 138 valence electrons. The molecule has 0 aliphatic rings. The van der Waals surface area contributed by atoms with Gasteiger partial charge < -0.3 is 4.43 Å². The highest BCUT2D eigenvalue weighted by Gasteiger charge is 2.29. The Morgan fingerprint density at radius 2 is 1.50 bits per heavy atom. The van der Waals surface area contributed by atoms with E-state index in [2.05, 4.69) is 58.0 Å². The van der Waals surface area contributed by atoms with E-state index < -0.39 is 8.32 Å². The highest BCUT2D eigenvalue weighted by Crippen LogP contribution is 2.28. The SMILES string of the molecule is [2H]/C(=C(/C)C(/C=C\O[Si](CC)(CC)CC)c1ccccc1)c1ccccc1. The van der Waals surface area contributed by atoms with Gasteiger partial charge in [-0.25, -0.2) is 0 Å². The standard InChI is InChI=1S/C24H32OSi/c1-5-26(6-2,7-3)25-19-18-24(23-16-12-9-13-17-23)21(4)20-22-14-10-8-11-15-22/h8-20,24H,5-7H2,1-4H3/b19-18-,21-20+/i20D. The predicted octanol–water partition coefficient (Wildman–Crippen LogP) is 7.41. The van der Waals surface area contributed by atoms with Gasteiger partial charge in [-0.15, -0.1) is 0 Å². The van der Waals surface area contributed by atoms with E-state index in [0.717, 1.165) is 29.3 Å². The summed E-state index contributed by atoms with van der Waals surface area (Å²) in [7, 11) is -1.66. The quantitative estimate of drug-likeness (QED) is 0.332. The van der Waals surface area contributed by atoms with Crippen LogP contribution in [0.25, 0.3) is 6.05 Å². The van der Waals surface area contributed by atoms with Crippen molar-refractivity contribution in [1.29, 1.82) is 0 Å². The van der Waals surface area contributed by atoms with Crippen molar-refractivity contribution in [3.8, 4) is 0 Å². The monoisotopic (exact) mass is 365 g/mol. The van der Waals surface area contributed by atoms with Crippen molar-refractivity contribution in [1.82, 2.24) is 0 Å². The van der Waals surface area contributed by atoms with Gasteiger partial charge in [-0.2, -0.15) is 0 Å². The van der Waals surface area contributed by atoms with Crippen LogP contribution >= 0.6 is 0 Å². The molecule has 2 rings (SSSR count). The smallest absolute Gasteiger partial charge is 0.249 e. The van der Waals surface area contributed by atoms with Crippen LogP contribution in [-0.4, -0.2) is 8.32 Å². The zero-order chi connectivity index (χ0) is 19.7. The molecular formula is C24H32OSi. The normalized spacial score (nSPS) is 14.7. The molecular weight excluding hydrogens is 332 g/mol. The Bertz CT molecular complexity index is 740. The van der Waals surface area contributed by atoms with Crippen LogP contribution in [0.3, 0.4) is 0 Å². The van der Waals surface area contributed by atoms with Crippen molar-refractivity contribution in [2.24, 2.45) is 0 Å². The van der Waals surface area contributed by atoms with Crippen molar-refractivity contribution in [3.63, 3.8) is 0 Å². The van der Waals surface area contributed by atoms with Gasteiger partial charge in [0.1, 0.15) is 0 Å². The maximum Gasteiger partial charge on any atom is 0.249 e. The van der Waals surface area contributed by atoms with E-state index in [0.29, 0.717) is 6.05 Å². The molecule has 1 atom stereocenters. The fourth-order valence-corrected chi connectivity index (χ4v) is 5.62. The summed E-state index contributed by atoms with van der Waals surface area (Å²) < 4.78 is 15.0. The number of allylic oxidation sites excluding steroid dienone is 2. The Hall–Kier alpha value is -2.06. The third kappa shape index (κ3) is 5.47. The first-order valence-corrected chi connectivity index (χ1v) is 12.2. The van der Waals surface area contributed by atoms with Crippen LogP contribution < -0.4 is 0 Å². The molecule has 2 aromatic rings. The van der Waals surface area contributed by atoms with Crippen molar-refractivity contribution < 1.29 is 5.80 Å². The van der Waals surface area contributed by atoms with E-state index in [-0.39, 0.29) is 5.92 Å². The average molecular weight is 366 g/mol. The number of benzene rings is 2. The lowest BCUT2D eigenvalue weighted by Gasteiger charge is -2.27. The average Bonchev–Trinajstić information content (AvgIpc) is 2.75. The van der Waals surface area contributed by atoms with Gasteiger partial charge in [0, 0.05) is 5.92 Å². The van der Waals surface area contributed by atoms with Gasteiger partial charge in [0.2, 0.25) is 8.32 Å². The van der Waals surface area contributed by atoms with Gasteiger partial charge in [-0.3, -0.25) is 0 Å². The Kier molecular flexibility index (Phi) is 7.33. The fourth-order valence-electron chi connectivity index (χ4n) is 3.25. The van der Waals surface area contributed by atoms with E-state index in [4.69, 9.17) is 5.80 Å². The van der Waals surface area contributed by atoms with Crippen molar-refractivity contribution >= 4 is 14.4 Å².